The van der Waals surface area contributed by atoms with Gasteiger partial charge in [0.25, 0.3) is 5.56 Å². The molecular weight excluding hydrogens is 140 g/mol. The van der Waals surface area contributed by atoms with Gasteiger partial charge in [0.05, 0.1) is 6.33 Å². The van der Waals surface area contributed by atoms with Gasteiger partial charge in [0.2, 0.25) is 0 Å². The van der Waals surface area contributed by atoms with Crippen molar-refractivity contribution < 1.29 is 0 Å². The third-order valence-corrected chi connectivity index (χ3v) is 2.07. The van der Waals surface area contributed by atoms with Crippen LogP contribution in [0.1, 0.15) is 30.0 Å². The fourth-order valence-corrected chi connectivity index (χ4v) is 1.35. The molecule has 0 unspecified atom stereocenters. The molecule has 1 aromatic rings. The fourth-order valence-electron chi connectivity index (χ4n) is 1.35. The third-order valence-electron chi connectivity index (χ3n) is 2.07. The topological polar surface area (TPSA) is 45.8 Å². The van der Waals surface area contributed by atoms with Crippen LogP contribution in [-0.2, 0) is 0 Å². The lowest BCUT2D eigenvalue weighted by Gasteiger charge is -1.98. The van der Waals surface area contributed by atoms with Crippen LogP contribution in [-0.4, -0.2) is 9.97 Å². The Morgan fingerprint density at radius 2 is 2.36 bits per heavy atom. The van der Waals surface area contributed by atoms with Crippen LogP contribution in [0.25, 0.3) is 0 Å². The number of hydrogen-bond acceptors (Lipinski definition) is 2. The Balaban J connectivity index is 2.57. The molecule has 0 radical (unpaired) electrons. The molecule has 1 fully saturated rings. The zero-order valence-corrected chi connectivity index (χ0v) is 6.42. The summed E-state index contributed by atoms with van der Waals surface area (Å²) in [5, 5.41) is 0. The number of rotatable bonds is 1. The zero-order chi connectivity index (χ0) is 7.84. The normalized spacial score (nSPS) is 16.8. The van der Waals surface area contributed by atoms with E-state index < -0.39 is 0 Å². The second-order valence-corrected chi connectivity index (χ2v) is 3.01. The Bertz CT molecular complexity index is 325. The van der Waals surface area contributed by atoms with Gasteiger partial charge in [-0.25, -0.2) is 4.98 Å². The zero-order valence-electron chi connectivity index (χ0n) is 6.42. The summed E-state index contributed by atoms with van der Waals surface area (Å²) in [6, 6.07) is 0. The Labute approximate surface area is 64.5 Å². The molecule has 0 saturated heterocycles. The van der Waals surface area contributed by atoms with E-state index in [2.05, 4.69) is 9.97 Å². The first-order valence-corrected chi connectivity index (χ1v) is 3.83. The molecule has 2 rings (SSSR count). The third kappa shape index (κ3) is 1.06. The lowest BCUT2D eigenvalue weighted by Crippen LogP contribution is -2.13. The highest BCUT2D eigenvalue weighted by atomic mass is 16.1. The number of H-pyrrole nitrogens is 1. The second-order valence-electron chi connectivity index (χ2n) is 3.01. The first kappa shape index (κ1) is 6.58. The first-order chi connectivity index (χ1) is 5.29. The van der Waals surface area contributed by atoms with Gasteiger partial charge in [-0.2, -0.15) is 0 Å². The summed E-state index contributed by atoms with van der Waals surface area (Å²) >= 11 is 0. The van der Waals surface area contributed by atoms with Crippen molar-refractivity contribution in [3.63, 3.8) is 0 Å². The summed E-state index contributed by atoms with van der Waals surface area (Å²) in [7, 11) is 0. The molecular formula is C8H10N2O. The minimum absolute atomic E-state index is 0.0417. The number of aromatic nitrogens is 2. The second kappa shape index (κ2) is 2.19. The quantitative estimate of drug-likeness (QED) is 0.648. The molecule has 1 heterocycles. The van der Waals surface area contributed by atoms with Crippen molar-refractivity contribution in [1.29, 1.82) is 0 Å². The summed E-state index contributed by atoms with van der Waals surface area (Å²) in [4.78, 5) is 17.9. The molecule has 1 aliphatic rings. The standard InChI is InChI=1S/C8H10N2O/c1-5-7(6-2-3-6)8(11)10-4-9-5/h4,6H,2-3H2,1H3,(H,9,10,11). The van der Waals surface area contributed by atoms with E-state index in [1.165, 1.54) is 6.33 Å². The van der Waals surface area contributed by atoms with Crippen LogP contribution >= 0.6 is 0 Å². The van der Waals surface area contributed by atoms with Gasteiger partial charge in [-0.3, -0.25) is 4.79 Å². The van der Waals surface area contributed by atoms with Crippen LogP contribution in [0.5, 0.6) is 0 Å². The average molecular weight is 150 g/mol. The van der Waals surface area contributed by atoms with E-state index >= 15 is 0 Å². The van der Waals surface area contributed by atoms with Crippen molar-refractivity contribution in [3.8, 4) is 0 Å². The van der Waals surface area contributed by atoms with Crippen LogP contribution in [0.3, 0.4) is 0 Å². The monoisotopic (exact) mass is 150 g/mol. The highest BCUT2D eigenvalue weighted by Crippen LogP contribution is 2.38. The Morgan fingerprint density at radius 3 is 2.91 bits per heavy atom. The van der Waals surface area contributed by atoms with E-state index in [9.17, 15) is 4.79 Å². The Hall–Kier alpha value is -1.12. The minimum Gasteiger partial charge on any atom is -0.313 e. The number of aryl methyl sites for hydroxylation is 1. The molecule has 0 aliphatic heterocycles. The largest absolute Gasteiger partial charge is 0.313 e. The lowest BCUT2D eigenvalue weighted by molar-refractivity contribution is 0.952. The van der Waals surface area contributed by atoms with E-state index in [1.54, 1.807) is 0 Å². The van der Waals surface area contributed by atoms with Crippen LogP contribution in [0.4, 0.5) is 0 Å². The van der Waals surface area contributed by atoms with Gasteiger partial charge in [-0.1, -0.05) is 0 Å². The van der Waals surface area contributed by atoms with Crippen LogP contribution in [0.2, 0.25) is 0 Å². The van der Waals surface area contributed by atoms with Crippen molar-refractivity contribution in [1.82, 2.24) is 9.97 Å². The average Bonchev–Trinajstić information content (AvgIpc) is 2.70. The summed E-state index contributed by atoms with van der Waals surface area (Å²) in [6.07, 6.45) is 3.76. The molecule has 3 nitrogen and oxygen atoms in total. The van der Waals surface area contributed by atoms with E-state index in [-0.39, 0.29) is 5.56 Å². The molecule has 0 amide bonds. The maximum Gasteiger partial charge on any atom is 0.254 e. The van der Waals surface area contributed by atoms with E-state index in [0.29, 0.717) is 5.92 Å². The summed E-state index contributed by atoms with van der Waals surface area (Å²) < 4.78 is 0. The summed E-state index contributed by atoms with van der Waals surface area (Å²) in [5.41, 5.74) is 1.82. The predicted octanol–water partition coefficient (Wildman–Crippen LogP) is 0.956. The van der Waals surface area contributed by atoms with Crippen molar-refractivity contribution in [3.05, 3.63) is 27.9 Å². The molecule has 58 valence electrons. The molecule has 11 heavy (non-hydrogen) atoms. The number of nitrogens with one attached hydrogen (secondary N) is 1. The van der Waals surface area contributed by atoms with Crippen LogP contribution in [0, 0.1) is 6.92 Å². The van der Waals surface area contributed by atoms with Gasteiger partial charge >= 0.3 is 0 Å². The SMILES string of the molecule is Cc1nc[nH]c(=O)c1C1CC1. The molecule has 1 aromatic heterocycles. The van der Waals surface area contributed by atoms with Gasteiger partial charge in [-0.05, 0) is 25.7 Å². The number of nitrogens with zero attached hydrogens (tertiary/aromatic N) is 1. The van der Waals surface area contributed by atoms with Crippen molar-refractivity contribution >= 4 is 0 Å². The van der Waals surface area contributed by atoms with E-state index in [4.69, 9.17) is 0 Å². The van der Waals surface area contributed by atoms with Crippen LogP contribution in [0.15, 0.2) is 11.1 Å². The molecule has 0 spiro atoms. The van der Waals surface area contributed by atoms with Crippen LogP contribution < -0.4 is 5.56 Å². The van der Waals surface area contributed by atoms with Crippen molar-refractivity contribution in [2.45, 2.75) is 25.7 Å². The van der Waals surface area contributed by atoms with E-state index in [0.717, 1.165) is 24.1 Å². The highest BCUT2D eigenvalue weighted by Gasteiger charge is 2.28. The molecule has 1 aliphatic carbocycles. The molecule has 0 aromatic carbocycles. The molecule has 3 heteroatoms. The minimum atomic E-state index is 0.0417. The van der Waals surface area contributed by atoms with Crippen molar-refractivity contribution in [2.24, 2.45) is 0 Å². The maximum atomic E-state index is 11.2. The van der Waals surface area contributed by atoms with E-state index in [1.807, 2.05) is 6.92 Å². The molecule has 1 N–H and O–H groups in total. The Morgan fingerprint density at radius 1 is 1.64 bits per heavy atom. The molecule has 1 saturated carbocycles. The highest BCUT2D eigenvalue weighted by molar-refractivity contribution is 5.23. The maximum absolute atomic E-state index is 11.2. The first-order valence-electron chi connectivity index (χ1n) is 3.83. The number of aromatic amines is 1. The number of hydrogen-bond donors (Lipinski definition) is 1. The van der Waals surface area contributed by atoms with Gasteiger partial charge in [0.1, 0.15) is 0 Å². The van der Waals surface area contributed by atoms with Gasteiger partial charge in [0.15, 0.2) is 0 Å². The summed E-state index contributed by atoms with van der Waals surface area (Å²) in [6.45, 7) is 1.89. The Kier molecular flexibility index (Phi) is 1.31. The predicted molar refractivity (Wildman–Crippen MR) is 41.6 cm³/mol. The lowest BCUT2D eigenvalue weighted by atomic mass is 10.1. The summed E-state index contributed by atoms with van der Waals surface area (Å²) in [5.74, 6) is 0.493. The molecule has 0 atom stereocenters. The van der Waals surface area contributed by atoms with Gasteiger partial charge < -0.3 is 4.98 Å². The van der Waals surface area contributed by atoms with Gasteiger partial charge in [-0.15, -0.1) is 0 Å². The smallest absolute Gasteiger partial charge is 0.254 e. The van der Waals surface area contributed by atoms with Gasteiger partial charge in [0, 0.05) is 11.3 Å². The van der Waals surface area contributed by atoms with Crippen molar-refractivity contribution in [2.75, 3.05) is 0 Å². The fraction of sp³-hybridized carbons (Fsp3) is 0.500. The molecule has 0 bridgehead atoms.